The smallest absolute Gasteiger partial charge is 0.293 e. The van der Waals surface area contributed by atoms with Crippen molar-refractivity contribution < 1.29 is 4.92 Å². The van der Waals surface area contributed by atoms with Crippen molar-refractivity contribution in [2.75, 3.05) is 31.5 Å². The van der Waals surface area contributed by atoms with Crippen LogP contribution in [0.1, 0.15) is 19.4 Å². The molecule has 7 heteroatoms. The maximum Gasteiger partial charge on any atom is 0.293 e. The summed E-state index contributed by atoms with van der Waals surface area (Å²) in [5.74, 6) is 0. The highest BCUT2D eigenvalue weighted by Crippen LogP contribution is 2.29. The van der Waals surface area contributed by atoms with Crippen molar-refractivity contribution in [2.24, 2.45) is 0 Å². The van der Waals surface area contributed by atoms with Crippen LogP contribution in [0.5, 0.6) is 0 Å². The van der Waals surface area contributed by atoms with Crippen molar-refractivity contribution in [2.45, 2.75) is 20.8 Å². The summed E-state index contributed by atoms with van der Waals surface area (Å²) in [5.41, 5.74) is 2.15. The summed E-state index contributed by atoms with van der Waals surface area (Å²) in [5, 5.41) is 15.6. The molecule has 0 aliphatic rings. The van der Waals surface area contributed by atoms with E-state index < -0.39 is 4.92 Å². The van der Waals surface area contributed by atoms with Gasteiger partial charge in [0.1, 0.15) is 5.52 Å². The fourth-order valence-corrected chi connectivity index (χ4v) is 3.37. The Bertz CT molecular complexity index is 1050. The molecule has 0 fully saturated rings. The number of nitrogens with one attached hydrogen (secondary N) is 2. The van der Waals surface area contributed by atoms with Crippen molar-refractivity contribution in [3.63, 3.8) is 0 Å². The Hall–Kier alpha value is -2.93. The average molecular weight is 368 g/mol. The molecule has 1 heterocycles. The molecule has 142 valence electrons. The third-order valence-electron chi connectivity index (χ3n) is 4.92. The first kappa shape index (κ1) is 18.8. The highest BCUT2D eigenvalue weighted by atomic mass is 16.6. The van der Waals surface area contributed by atoms with Gasteiger partial charge in [-0.3, -0.25) is 14.9 Å². The molecule has 0 atom stereocenters. The number of aromatic nitrogens is 1. The van der Waals surface area contributed by atoms with E-state index in [1.165, 1.54) is 6.07 Å². The Kier molecular flexibility index (Phi) is 5.41. The first-order valence-electron chi connectivity index (χ1n) is 9.16. The molecule has 0 saturated heterocycles. The molecular formula is C20H24N4O3. The first-order valence-corrected chi connectivity index (χ1v) is 9.16. The maximum absolute atomic E-state index is 13.2. The number of pyridine rings is 1. The number of anilines is 1. The number of fused-ring (bicyclic) bond motifs is 2. The number of aryl methyl sites for hydroxylation is 1. The summed E-state index contributed by atoms with van der Waals surface area (Å²) in [6.45, 7) is 9.50. The van der Waals surface area contributed by atoms with Crippen LogP contribution in [0.25, 0.3) is 21.8 Å². The lowest BCUT2D eigenvalue weighted by Gasteiger charge is -2.19. The van der Waals surface area contributed by atoms with Gasteiger partial charge in [-0.15, -0.1) is 0 Å². The molecule has 0 aliphatic heterocycles. The number of hydrogen-bond acceptors (Lipinski definition) is 5. The number of aromatic amines is 1. The Balaban J connectivity index is 2.15. The third-order valence-corrected chi connectivity index (χ3v) is 4.92. The molecular weight excluding hydrogens is 344 g/mol. The van der Waals surface area contributed by atoms with Gasteiger partial charge in [0.2, 0.25) is 0 Å². The van der Waals surface area contributed by atoms with Crippen LogP contribution < -0.4 is 10.7 Å². The summed E-state index contributed by atoms with van der Waals surface area (Å²) < 4.78 is 0. The van der Waals surface area contributed by atoms with E-state index in [1.54, 1.807) is 12.1 Å². The molecule has 2 N–H and O–H groups in total. The van der Waals surface area contributed by atoms with E-state index in [1.807, 2.05) is 19.1 Å². The van der Waals surface area contributed by atoms with E-state index >= 15 is 0 Å². The van der Waals surface area contributed by atoms with Gasteiger partial charge in [0.15, 0.2) is 5.43 Å². The minimum Gasteiger partial charge on any atom is -0.383 e. The molecule has 7 nitrogen and oxygen atoms in total. The predicted molar refractivity (Wildman–Crippen MR) is 110 cm³/mol. The van der Waals surface area contributed by atoms with Crippen LogP contribution in [0.4, 0.5) is 11.4 Å². The Labute approximate surface area is 157 Å². The average Bonchev–Trinajstić information content (AvgIpc) is 2.65. The van der Waals surface area contributed by atoms with Crippen molar-refractivity contribution in [3.05, 3.63) is 56.2 Å². The second-order valence-corrected chi connectivity index (χ2v) is 6.60. The van der Waals surface area contributed by atoms with E-state index in [2.05, 4.69) is 29.0 Å². The first-order chi connectivity index (χ1) is 13.0. The lowest BCUT2D eigenvalue weighted by molar-refractivity contribution is -0.383. The van der Waals surface area contributed by atoms with Gasteiger partial charge in [0.25, 0.3) is 5.69 Å². The molecule has 0 amide bonds. The van der Waals surface area contributed by atoms with Gasteiger partial charge in [-0.1, -0.05) is 25.5 Å². The van der Waals surface area contributed by atoms with Crippen molar-refractivity contribution in [3.8, 4) is 0 Å². The lowest BCUT2D eigenvalue weighted by atomic mass is 10.1. The molecule has 2 aromatic carbocycles. The normalized spacial score (nSPS) is 11.4. The number of hydrogen-bond donors (Lipinski definition) is 2. The van der Waals surface area contributed by atoms with E-state index in [0.717, 1.165) is 25.2 Å². The largest absolute Gasteiger partial charge is 0.383 e. The molecule has 1 aromatic heterocycles. The predicted octanol–water partition coefficient (Wildman–Crippen LogP) is 3.65. The second-order valence-electron chi connectivity index (χ2n) is 6.60. The van der Waals surface area contributed by atoms with Gasteiger partial charge in [0, 0.05) is 35.7 Å². The number of rotatable bonds is 7. The van der Waals surface area contributed by atoms with Gasteiger partial charge >= 0.3 is 0 Å². The summed E-state index contributed by atoms with van der Waals surface area (Å²) in [7, 11) is 0. The van der Waals surface area contributed by atoms with Crippen LogP contribution in [0.15, 0.2) is 35.1 Å². The molecule has 0 radical (unpaired) electrons. The summed E-state index contributed by atoms with van der Waals surface area (Å²) in [4.78, 5) is 29.5. The van der Waals surface area contributed by atoms with Crippen LogP contribution >= 0.6 is 0 Å². The highest BCUT2D eigenvalue weighted by Gasteiger charge is 2.19. The van der Waals surface area contributed by atoms with Crippen LogP contribution in [0.3, 0.4) is 0 Å². The lowest BCUT2D eigenvalue weighted by Crippen LogP contribution is -2.28. The SMILES string of the molecule is CCN(CC)CCNc1ccc([N+](=O)[O-])c2[nH]c3ccc(C)cc3c(=O)c12. The molecule has 27 heavy (non-hydrogen) atoms. The number of nitro groups is 1. The topological polar surface area (TPSA) is 91.3 Å². The number of non-ortho nitro benzene ring substituents is 1. The minimum atomic E-state index is -0.460. The Morgan fingerprint density at radius 1 is 1.19 bits per heavy atom. The Morgan fingerprint density at radius 2 is 1.93 bits per heavy atom. The van der Waals surface area contributed by atoms with Gasteiger partial charge in [-0.05, 0) is 38.2 Å². The summed E-state index contributed by atoms with van der Waals surface area (Å²) in [6.07, 6.45) is 0. The number of nitrogens with zero attached hydrogens (tertiary/aromatic N) is 2. The maximum atomic E-state index is 13.2. The van der Waals surface area contributed by atoms with Crippen LogP contribution in [-0.4, -0.2) is 41.0 Å². The van der Waals surface area contributed by atoms with Crippen molar-refractivity contribution in [1.29, 1.82) is 0 Å². The number of nitro benzene ring substituents is 1. The fourth-order valence-electron chi connectivity index (χ4n) is 3.37. The highest BCUT2D eigenvalue weighted by molar-refractivity contribution is 6.03. The standard InChI is InChI=1S/C20H24N4O3/c1-4-23(5-2)11-10-21-16-8-9-17(24(26)27)19-18(16)20(25)14-12-13(3)6-7-15(14)22-19/h6-9,12,21H,4-5,10-11H2,1-3H3,(H,22,25). The fraction of sp³-hybridized carbons (Fsp3) is 0.350. The van der Waals surface area contributed by atoms with E-state index in [-0.39, 0.29) is 16.6 Å². The number of likely N-dealkylation sites (N-methyl/N-ethyl adjacent to an activating group) is 1. The number of benzene rings is 2. The van der Waals surface area contributed by atoms with Crippen LogP contribution in [0, 0.1) is 17.0 Å². The molecule has 0 unspecified atom stereocenters. The van der Waals surface area contributed by atoms with E-state index in [0.29, 0.717) is 28.5 Å². The van der Waals surface area contributed by atoms with Crippen LogP contribution in [-0.2, 0) is 0 Å². The molecule has 0 spiro atoms. The zero-order valence-corrected chi connectivity index (χ0v) is 15.8. The molecule has 0 bridgehead atoms. The molecule has 3 aromatic rings. The monoisotopic (exact) mass is 368 g/mol. The number of H-pyrrole nitrogens is 1. The summed E-state index contributed by atoms with van der Waals surface area (Å²) in [6, 6.07) is 8.54. The van der Waals surface area contributed by atoms with Crippen molar-refractivity contribution in [1.82, 2.24) is 9.88 Å². The van der Waals surface area contributed by atoms with Gasteiger partial charge in [-0.25, -0.2) is 0 Å². The summed E-state index contributed by atoms with van der Waals surface area (Å²) >= 11 is 0. The van der Waals surface area contributed by atoms with Gasteiger partial charge < -0.3 is 15.2 Å². The van der Waals surface area contributed by atoms with Gasteiger partial charge in [0.05, 0.1) is 10.3 Å². The van der Waals surface area contributed by atoms with E-state index in [9.17, 15) is 14.9 Å². The molecule has 0 aliphatic carbocycles. The minimum absolute atomic E-state index is 0.0983. The molecule has 0 saturated carbocycles. The van der Waals surface area contributed by atoms with Crippen LogP contribution in [0.2, 0.25) is 0 Å². The zero-order chi connectivity index (χ0) is 19.6. The zero-order valence-electron chi connectivity index (χ0n) is 15.8. The Morgan fingerprint density at radius 3 is 2.59 bits per heavy atom. The third kappa shape index (κ3) is 3.64. The molecule has 3 rings (SSSR count). The van der Waals surface area contributed by atoms with Crippen molar-refractivity contribution >= 4 is 33.2 Å². The van der Waals surface area contributed by atoms with Gasteiger partial charge in [-0.2, -0.15) is 0 Å². The quantitative estimate of drug-likeness (QED) is 0.377. The second kappa shape index (κ2) is 7.75. The van der Waals surface area contributed by atoms with E-state index in [4.69, 9.17) is 0 Å².